The molecule has 0 amide bonds. The molecule has 0 fully saturated rings. The van der Waals surface area contributed by atoms with Gasteiger partial charge in [0.05, 0.1) is 11.4 Å². The average molecular weight is 797 g/mol. The molecule has 286 valence electrons. The molecule has 0 aliphatic rings. The highest BCUT2D eigenvalue weighted by Gasteiger charge is 2.21. The van der Waals surface area contributed by atoms with Crippen molar-refractivity contribution >= 4 is 64.2 Å². The standard InChI is InChI=1S/C57H36N2OS/c1-35-12-9-16-39(30-35)41-28-29-48-51(32-41)60-52-33-42-15-5-6-19-44(42)55(54(48)52)57-58-49(38-13-3-2-4-14-38)34-50(59-57)43-18-10-17-40(31-43)36-24-26-37(27-25-36)45-21-11-22-47-46-20-7-8-23-53(46)61-56(45)47/h2-34H,1H3. The Morgan fingerprint density at radius 3 is 1.90 bits per heavy atom. The maximum Gasteiger partial charge on any atom is 0.161 e. The highest BCUT2D eigenvalue weighted by molar-refractivity contribution is 7.26. The van der Waals surface area contributed by atoms with Crippen LogP contribution in [0.25, 0.3) is 120 Å². The van der Waals surface area contributed by atoms with E-state index in [4.69, 9.17) is 14.4 Å². The van der Waals surface area contributed by atoms with Crippen LogP contribution in [0.5, 0.6) is 0 Å². The second-order valence-electron chi connectivity index (χ2n) is 15.8. The third-order valence-corrected chi connectivity index (χ3v) is 13.2. The van der Waals surface area contributed by atoms with Crippen LogP contribution >= 0.6 is 11.3 Å². The molecule has 0 aliphatic heterocycles. The number of hydrogen-bond donors (Lipinski definition) is 0. The van der Waals surface area contributed by atoms with Crippen molar-refractivity contribution in [3.8, 4) is 67.3 Å². The summed E-state index contributed by atoms with van der Waals surface area (Å²) in [6.45, 7) is 2.13. The number of nitrogens with zero attached hydrogens (tertiary/aromatic N) is 2. The van der Waals surface area contributed by atoms with Gasteiger partial charge in [0.25, 0.3) is 0 Å². The van der Waals surface area contributed by atoms with E-state index < -0.39 is 0 Å². The molecule has 12 rings (SSSR count). The third-order valence-electron chi connectivity index (χ3n) is 11.9. The first-order chi connectivity index (χ1) is 30.1. The van der Waals surface area contributed by atoms with E-state index in [1.54, 1.807) is 0 Å². The molecule has 0 spiro atoms. The molecule has 4 heteroatoms. The predicted octanol–water partition coefficient (Wildman–Crippen LogP) is 16.2. The van der Waals surface area contributed by atoms with E-state index in [0.29, 0.717) is 5.82 Å². The first-order valence-electron chi connectivity index (χ1n) is 20.6. The van der Waals surface area contributed by atoms with E-state index in [1.807, 2.05) is 17.4 Å². The molecule has 0 saturated carbocycles. The zero-order chi connectivity index (χ0) is 40.4. The molecule has 3 nitrogen and oxygen atoms in total. The fraction of sp³-hybridized carbons (Fsp3) is 0.0175. The monoisotopic (exact) mass is 796 g/mol. The van der Waals surface area contributed by atoms with E-state index >= 15 is 0 Å². The minimum absolute atomic E-state index is 0.661. The second kappa shape index (κ2) is 14.3. The zero-order valence-corrected chi connectivity index (χ0v) is 34.1. The summed E-state index contributed by atoms with van der Waals surface area (Å²) in [6.07, 6.45) is 0. The van der Waals surface area contributed by atoms with Crippen LogP contribution in [0.3, 0.4) is 0 Å². The summed E-state index contributed by atoms with van der Waals surface area (Å²) in [5.41, 5.74) is 14.7. The lowest BCUT2D eigenvalue weighted by Crippen LogP contribution is -1.97. The van der Waals surface area contributed by atoms with Crippen LogP contribution in [0.15, 0.2) is 205 Å². The van der Waals surface area contributed by atoms with Gasteiger partial charge in [-0.1, -0.05) is 169 Å². The molecular formula is C57H36N2OS. The molecule has 12 aromatic rings. The number of fused-ring (bicyclic) bond motifs is 7. The Morgan fingerprint density at radius 2 is 1.05 bits per heavy atom. The Kier molecular flexibility index (Phi) is 8.25. The van der Waals surface area contributed by atoms with Crippen LogP contribution in [0.2, 0.25) is 0 Å². The van der Waals surface area contributed by atoms with Crippen molar-refractivity contribution in [2.75, 3.05) is 0 Å². The van der Waals surface area contributed by atoms with Gasteiger partial charge in [-0.2, -0.15) is 0 Å². The Bertz CT molecular complexity index is 3660. The van der Waals surface area contributed by atoms with E-state index in [0.717, 1.165) is 77.5 Å². The number of furan rings is 1. The third kappa shape index (κ3) is 6.11. The number of hydrogen-bond acceptors (Lipinski definition) is 4. The maximum atomic E-state index is 6.73. The zero-order valence-electron chi connectivity index (χ0n) is 33.3. The molecule has 9 aromatic carbocycles. The number of thiophene rings is 1. The number of benzene rings is 9. The fourth-order valence-electron chi connectivity index (χ4n) is 8.98. The van der Waals surface area contributed by atoms with Gasteiger partial charge in [-0.25, -0.2) is 9.97 Å². The molecule has 0 saturated heterocycles. The topological polar surface area (TPSA) is 38.9 Å². The van der Waals surface area contributed by atoms with Crippen LogP contribution in [-0.4, -0.2) is 9.97 Å². The molecule has 0 radical (unpaired) electrons. The average Bonchev–Trinajstić information content (AvgIpc) is 3.89. The van der Waals surface area contributed by atoms with Crippen LogP contribution in [-0.2, 0) is 0 Å². The van der Waals surface area contributed by atoms with E-state index in [9.17, 15) is 0 Å². The molecule has 0 N–H and O–H groups in total. The summed E-state index contributed by atoms with van der Waals surface area (Å²) < 4.78 is 9.37. The quantitative estimate of drug-likeness (QED) is 0.168. The SMILES string of the molecule is Cc1cccc(-c2ccc3c(c2)oc2cc4ccccc4c(-c4nc(-c5ccccc5)cc(-c5cccc(-c6ccc(-c7cccc8c7sc7ccccc78)cc6)c5)n4)c23)c1. The summed E-state index contributed by atoms with van der Waals surface area (Å²) in [6, 6.07) is 71.3. The van der Waals surface area contributed by atoms with Gasteiger partial charge in [-0.15, -0.1) is 11.3 Å². The molecule has 0 atom stereocenters. The minimum atomic E-state index is 0.661. The lowest BCUT2D eigenvalue weighted by atomic mass is 9.96. The number of aromatic nitrogens is 2. The molecule has 3 aromatic heterocycles. The molecule has 0 aliphatic carbocycles. The van der Waals surface area contributed by atoms with Crippen LogP contribution < -0.4 is 0 Å². The summed E-state index contributed by atoms with van der Waals surface area (Å²) in [5.74, 6) is 0.661. The fourth-order valence-corrected chi connectivity index (χ4v) is 10.2. The van der Waals surface area contributed by atoms with Crippen molar-refractivity contribution in [2.24, 2.45) is 0 Å². The number of aryl methyl sites for hydroxylation is 1. The minimum Gasteiger partial charge on any atom is -0.456 e. The van der Waals surface area contributed by atoms with Crippen molar-refractivity contribution in [3.63, 3.8) is 0 Å². The van der Waals surface area contributed by atoms with Crippen molar-refractivity contribution < 1.29 is 4.42 Å². The molecule has 0 bridgehead atoms. The Morgan fingerprint density at radius 1 is 0.410 bits per heavy atom. The summed E-state index contributed by atoms with van der Waals surface area (Å²) in [4.78, 5) is 10.8. The lowest BCUT2D eigenvalue weighted by Gasteiger charge is -2.13. The largest absolute Gasteiger partial charge is 0.456 e. The van der Waals surface area contributed by atoms with Gasteiger partial charge in [0.15, 0.2) is 5.82 Å². The number of rotatable bonds is 6. The molecular weight excluding hydrogens is 761 g/mol. The molecule has 3 heterocycles. The van der Waals surface area contributed by atoms with Gasteiger partial charge >= 0.3 is 0 Å². The van der Waals surface area contributed by atoms with Crippen LogP contribution in [0.1, 0.15) is 5.56 Å². The van der Waals surface area contributed by atoms with Gasteiger partial charge < -0.3 is 4.42 Å². The van der Waals surface area contributed by atoms with Crippen molar-refractivity contribution in [1.82, 2.24) is 9.97 Å². The van der Waals surface area contributed by atoms with Crippen molar-refractivity contribution in [3.05, 3.63) is 206 Å². The van der Waals surface area contributed by atoms with Gasteiger partial charge in [0.1, 0.15) is 11.2 Å². The van der Waals surface area contributed by atoms with Gasteiger partial charge in [0.2, 0.25) is 0 Å². The highest BCUT2D eigenvalue weighted by Crippen LogP contribution is 2.44. The van der Waals surface area contributed by atoms with E-state index in [-0.39, 0.29) is 0 Å². The van der Waals surface area contributed by atoms with E-state index in [2.05, 4.69) is 201 Å². The summed E-state index contributed by atoms with van der Waals surface area (Å²) in [5, 5.41) is 6.84. The Hall–Kier alpha value is -7.66. The van der Waals surface area contributed by atoms with E-state index in [1.165, 1.54) is 42.4 Å². The van der Waals surface area contributed by atoms with Crippen molar-refractivity contribution in [1.29, 1.82) is 0 Å². The van der Waals surface area contributed by atoms with Gasteiger partial charge in [0, 0.05) is 47.6 Å². The predicted molar refractivity (Wildman–Crippen MR) is 257 cm³/mol. The smallest absolute Gasteiger partial charge is 0.161 e. The summed E-state index contributed by atoms with van der Waals surface area (Å²) in [7, 11) is 0. The first-order valence-corrected chi connectivity index (χ1v) is 21.4. The van der Waals surface area contributed by atoms with Crippen LogP contribution in [0, 0.1) is 6.92 Å². The second-order valence-corrected chi connectivity index (χ2v) is 16.8. The summed E-state index contributed by atoms with van der Waals surface area (Å²) >= 11 is 1.87. The van der Waals surface area contributed by atoms with Crippen LogP contribution in [0.4, 0.5) is 0 Å². The normalized spacial score (nSPS) is 11.7. The molecule has 0 unspecified atom stereocenters. The Balaban J connectivity index is 0.999. The lowest BCUT2D eigenvalue weighted by molar-refractivity contribution is 0.669. The highest BCUT2D eigenvalue weighted by atomic mass is 32.1. The van der Waals surface area contributed by atoms with Gasteiger partial charge in [-0.05, 0) is 87.5 Å². The van der Waals surface area contributed by atoms with Gasteiger partial charge in [-0.3, -0.25) is 0 Å². The maximum absolute atomic E-state index is 6.73. The molecule has 61 heavy (non-hydrogen) atoms. The Labute approximate surface area is 356 Å². The first kappa shape index (κ1) is 35.3. The van der Waals surface area contributed by atoms with Crippen molar-refractivity contribution in [2.45, 2.75) is 6.92 Å².